The fourth-order valence-corrected chi connectivity index (χ4v) is 1.49. The van der Waals surface area contributed by atoms with Crippen molar-refractivity contribution >= 4 is 11.6 Å². The van der Waals surface area contributed by atoms with E-state index >= 15 is 0 Å². The number of allylic oxidation sites excluding steroid dienone is 1. The minimum atomic E-state index is -0.795. The summed E-state index contributed by atoms with van der Waals surface area (Å²) in [6.45, 7) is 2.05. The number of aliphatic hydroxyl groups is 1. The van der Waals surface area contributed by atoms with Crippen molar-refractivity contribution in [3.8, 4) is 0 Å². The smallest absolute Gasteiger partial charge is 0.114 e. The zero-order valence-electron chi connectivity index (χ0n) is 7.18. The molecule has 0 bridgehead atoms. The standard InChI is InChI=1S/C9H14ClNO/c1-2-3-7-6-9(10,11)5-4-8(7)12/h4,6,12H,2-3,5,11H2,1H3. The van der Waals surface area contributed by atoms with E-state index in [1.54, 1.807) is 12.2 Å². The lowest BCUT2D eigenvalue weighted by molar-refractivity contribution is 0.407. The van der Waals surface area contributed by atoms with Gasteiger partial charge in [0.25, 0.3) is 0 Å². The number of halogens is 1. The molecule has 0 aromatic carbocycles. The molecule has 0 radical (unpaired) electrons. The van der Waals surface area contributed by atoms with Crippen LogP contribution in [0.2, 0.25) is 0 Å². The number of aliphatic hydroxyl groups excluding tert-OH is 1. The third-order valence-electron chi connectivity index (χ3n) is 1.87. The second-order valence-corrected chi connectivity index (χ2v) is 3.84. The molecule has 1 rings (SSSR count). The van der Waals surface area contributed by atoms with Crippen LogP contribution in [0.4, 0.5) is 0 Å². The van der Waals surface area contributed by atoms with E-state index in [0.717, 1.165) is 18.4 Å². The summed E-state index contributed by atoms with van der Waals surface area (Å²) in [4.78, 5) is -0.795. The predicted octanol–water partition coefficient (Wildman–Crippen LogP) is 2.45. The highest BCUT2D eigenvalue weighted by Gasteiger charge is 2.23. The average molecular weight is 188 g/mol. The first-order valence-corrected chi connectivity index (χ1v) is 4.52. The third kappa shape index (κ3) is 2.26. The van der Waals surface area contributed by atoms with Gasteiger partial charge in [-0.3, -0.25) is 0 Å². The molecule has 12 heavy (non-hydrogen) atoms. The summed E-state index contributed by atoms with van der Waals surface area (Å²) >= 11 is 5.91. The van der Waals surface area contributed by atoms with E-state index in [0.29, 0.717) is 12.2 Å². The fourth-order valence-electron chi connectivity index (χ4n) is 1.28. The number of hydrogen-bond acceptors (Lipinski definition) is 2. The van der Waals surface area contributed by atoms with Gasteiger partial charge in [0.1, 0.15) is 10.8 Å². The van der Waals surface area contributed by atoms with Crippen LogP contribution in [0.5, 0.6) is 0 Å². The first-order valence-electron chi connectivity index (χ1n) is 4.14. The largest absolute Gasteiger partial charge is 0.508 e. The van der Waals surface area contributed by atoms with E-state index in [2.05, 4.69) is 6.92 Å². The van der Waals surface area contributed by atoms with Crippen LogP contribution in [0.15, 0.2) is 23.5 Å². The maximum atomic E-state index is 9.41. The average Bonchev–Trinajstić information content (AvgIpc) is 1.97. The van der Waals surface area contributed by atoms with E-state index in [1.807, 2.05) is 0 Å². The van der Waals surface area contributed by atoms with Gasteiger partial charge in [0.15, 0.2) is 0 Å². The molecule has 0 saturated carbocycles. The van der Waals surface area contributed by atoms with Crippen molar-refractivity contribution < 1.29 is 5.11 Å². The molecule has 2 nitrogen and oxygen atoms in total. The summed E-state index contributed by atoms with van der Waals surface area (Å²) < 4.78 is 0. The van der Waals surface area contributed by atoms with Crippen LogP contribution < -0.4 is 5.73 Å². The van der Waals surface area contributed by atoms with Crippen molar-refractivity contribution in [3.63, 3.8) is 0 Å². The minimum absolute atomic E-state index is 0.332. The van der Waals surface area contributed by atoms with Gasteiger partial charge in [0.05, 0.1) is 0 Å². The van der Waals surface area contributed by atoms with Gasteiger partial charge in [0.2, 0.25) is 0 Å². The van der Waals surface area contributed by atoms with Crippen LogP contribution in [0.25, 0.3) is 0 Å². The molecule has 0 spiro atoms. The zero-order chi connectivity index (χ0) is 9.19. The van der Waals surface area contributed by atoms with Crippen molar-refractivity contribution in [2.75, 3.05) is 0 Å². The van der Waals surface area contributed by atoms with E-state index in [9.17, 15) is 5.11 Å². The summed E-state index contributed by atoms with van der Waals surface area (Å²) in [7, 11) is 0. The number of alkyl halides is 1. The molecule has 3 heteroatoms. The normalized spacial score (nSPS) is 29.6. The first kappa shape index (κ1) is 9.62. The maximum Gasteiger partial charge on any atom is 0.114 e. The fraction of sp³-hybridized carbons (Fsp3) is 0.556. The lowest BCUT2D eigenvalue weighted by atomic mass is 9.98. The molecular weight excluding hydrogens is 174 g/mol. The SMILES string of the molecule is CCCC1=CC(N)(Cl)CC=C1O. The van der Waals surface area contributed by atoms with Crippen LogP contribution >= 0.6 is 11.6 Å². The van der Waals surface area contributed by atoms with Gasteiger partial charge in [0, 0.05) is 6.42 Å². The molecule has 0 aromatic rings. The van der Waals surface area contributed by atoms with E-state index in [1.165, 1.54) is 0 Å². The number of nitrogens with two attached hydrogens (primary N) is 1. The van der Waals surface area contributed by atoms with Crippen molar-refractivity contribution in [2.24, 2.45) is 5.73 Å². The molecule has 0 aromatic heterocycles. The van der Waals surface area contributed by atoms with Crippen LogP contribution in [0, 0.1) is 0 Å². The zero-order valence-corrected chi connectivity index (χ0v) is 7.93. The van der Waals surface area contributed by atoms with Crippen molar-refractivity contribution in [2.45, 2.75) is 31.2 Å². The number of rotatable bonds is 2. The monoisotopic (exact) mass is 187 g/mol. The molecule has 0 fully saturated rings. The molecule has 1 atom stereocenters. The summed E-state index contributed by atoms with van der Waals surface area (Å²) in [6, 6.07) is 0. The minimum Gasteiger partial charge on any atom is -0.508 e. The summed E-state index contributed by atoms with van der Waals surface area (Å²) in [6.07, 6.45) is 5.73. The predicted molar refractivity (Wildman–Crippen MR) is 51.1 cm³/mol. The van der Waals surface area contributed by atoms with E-state index < -0.39 is 5.00 Å². The van der Waals surface area contributed by atoms with Crippen LogP contribution in [-0.2, 0) is 0 Å². The van der Waals surface area contributed by atoms with Gasteiger partial charge < -0.3 is 10.8 Å². The first-order chi connectivity index (χ1) is 5.55. The summed E-state index contributed by atoms with van der Waals surface area (Å²) in [5.41, 5.74) is 6.56. The summed E-state index contributed by atoms with van der Waals surface area (Å²) in [5, 5.41) is 9.41. The van der Waals surface area contributed by atoms with Crippen LogP contribution in [0.3, 0.4) is 0 Å². The van der Waals surface area contributed by atoms with Gasteiger partial charge in [-0.25, -0.2) is 0 Å². The maximum absolute atomic E-state index is 9.41. The Labute approximate surface area is 77.7 Å². The quantitative estimate of drug-likeness (QED) is 0.515. The van der Waals surface area contributed by atoms with Gasteiger partial charge in [-0.05, 0) is 24.1 Å². The van der Waals surface area contributed by atoms with Gasteiger partial charge in [-0.2, -0.15) is 0 Å². The van der Waals surface area contributed by atoms with Gasteiger partial charge >= 0.3 is 0 Å². The second-order valence-electron chi connectivity index (χ2n) is 3.14. The Balaban J connectivity index is 2.79. The highest BCUT2D eigenvalue weighted by molar-refractivity contribution is 6.25. The van der Waals surface area contributed by atoms with Crippen molar-refractivity contribution in [1.29, 1.82) is 0 Å². The molecule has 0 heterocycles. The molecule has 3 N–H and O–H groups in total. The molecule has 0 amide bonds. The molecular formula is C9H14ClNO. The summed E-state index contributed by atoms with van der Waals surface area (Å²) in [5.74, 6) is 0.332. The second kappa shape index (κ2) is 3.50. The van der Waals surface area contributed by atoms with E-state index in [4.69, 9.17) is 17.3 Å². The van der Waals surface area contributed by atoms with Crippen molar-refractivity contribution in [3.05, 3.63) is 23.5 Å². The topological polar surface area (TPSA) is 46.2 Å². The highest BCUT2D eigenvalue weighted by Crippen LogP contribution is 2.28. The Kier molecular flexibility index (Phi) is 2.80. The Hall–Kier alpha value is -0.470. The van der Waals surface area contributed by atoms with Gasteiger partial charge in [-0.15, -0.1) is 0 Å². The lowest BCUT2D eigenvalue weighted by Crippen LogP contribution is -2.32. The van der Waals surface area contributed by atoms with Gasteiger partial charge in [-0.1, -0.05) is 24.9 Å². The Morgan fingerprint density at radius 3 is 3.00 bits per heavy atom. The Morgan fingerprint density at radius 2 is 2.42 bits per heavy atom. The molecule has 1 aliphatic carbocycles. The van der Waals surface area contributed by atoms with Crippen LogP contribution in [-0.4, -0.2) is 10.1 Å². The molecule has 1 aliphatic rings. The Morgan fingerprint density at radius 1 is 1.75 bits per heavy atom. The van der Waals surface area contributed by atoms with Crippen molar-refractivity contribution in [1.82, 2.24) is 0 Å². The van der Waals surface area contributed by atoms with Crippen LogP contribution in [0.1, 0.15) is 26.2 Å². The molecule has 68 valence electrons. The third-order valence-corrected chi connectivity index (χ3v) is 2.13. The lowest BCUT2D eigenvalue weighted by Gasteiger charge is -2.22. The number of hydrogen-bond donors (Lipinski definition) is 2. The van der Waals surface area contributed by atoms with E-state index in [-0.39, 0.29) is 0 Å². The Bertz CT molecular complexity index is 231. The molecule has 0 saturated heterocycles. The molecule has 1 unspecified atom stereocenters. The highest BCUT2D eigenvalue weighted by atomic mass is 35.5. The molecule has 0 aliphatic heterocycles.